The second-order valence-corrected chi connectivity index (χ2v) is 5.56. The van der Waals surface area contributed by atoms with Crippen molar-refractivity contribution in [2.45, 2.75) is 31.8 Å². The van der Waals surface area contributed by atoms with E-state index in [-0.39, 0.29) is 5.91 Å². The predicted octanol–water partition coefficient (Wildman–Crippen LogP) is -0.302. The number of likely N-dealkylation sites (N-methyl/N-ethyl adjacent to an activating group) is 1. The summed E-state index contributed by atoms with van der Waals surface area (Å²) in [5, 5.41) is 8.97. The van der Waals surface area contributed by atoms with Crippen LogP contribution in [-0.2, 0) is 9.59 Å². The highest BCUT2D eigenvalue weighted by Crippen LogP contribution is 2.25. The van der Waals surface area contributed by atoms with Gasteiger partial charge in [-0.2, -0.15) is 0 Å². The first-order valence-corrected chi connectivity index (χ1v) is 6.94. The highest BCUT2D eigenvalue weighted by Gasteiger charge is 2.31. The highest BCUT2D eigenvalue weighted by atomic mass is 16.4. The molecular weight excluding hydrogens is 246 g/mol. The zero-order valence-electron chi connectivity index (χ0n) is 11.7. The number of carboxylic acid groups (broad SMARTS) is 1. The summed E-state index contributed by atoms with van der Waals surface area (Å²) in [7, 11) is 1.88. The van der Waals surface area contributed by atoms with Crippen LogP contribution in [0.25, 0.3) is 0 Å². The van der Waals surface area contributed by atoms with E-state index in [2.05, 4.69) is 4.90 Å². The van der Waals surface area contributed by atoms with Gasteiger partial charge in [-0.1, -0.05) is 0 Å². The molecule has 108 valence electrons. The van der Waals surface area contributed by atoms with E-state index in [4.69, 9.17) is 5.11 Å². The number of aliphatic carboxylic acids is 1. The molecule has 1 saturated carbocycles. The molecule has 0 aromatic heterocycles. The van der Waals surface area contributed by atoms with E-state index in [1.807, 2.05) is 16.8 Å². The number of carboxylic acids is 1. The first-order valence-electron chi connectivity index (χ1n) is 6.94. The third-order valence-electron chi connectivity index (χ3n) is 4.16. The second kappa shape index (κ2) is 5.88. The maximum Gasteiger partial charge on any atom is 0.320 e. The van der Waals surface area contributed by atoms with Crippen molar-refractivity contribution in [3.8, 4) is 0 Å². The Balaban J connectivity index is 1.74. The SMILES string of the molecule is CC(C(=O)O)N1CCN(CC(=O)N(C)C2CC2)CC1. The number of carbonyl (C=O) groups is 2. The molecule has 1 amide bonds. The summed E-state index contributed by atoms with van der Waals surface area (Å²) in [4.78, 5) is 28.8. The quantitative estimate of drug-likeness (QED) is 0.742. The molecule has 2 fully saturated rings. The van der Waals surface area contributed by atoms with Gasteiger partial charge < -0.3 is 10.0 Å². The Morgan fingerprint density at radius 2 is 1.84 bits per heavy atom. The topological polar surface area (TPSA) is 64.1 Å². The minimum atomic E-state index is -0.780. The van der Waals surface area contributed by atoms with Crippen LogP contribution < -0.4 is 0 Å². The van der Waals surface area contributed by atoms with E-state index >= 15 is 0 Å². The molecule has 1 N–H and O–H groups in total. The van der Waals surface area contributed by atoms with Crippen LogP contribution >= 0.6 is 0 Å². The van der Waals surface area contributed by atoms with Gasteiger partial charge in [0.15, 0.2) is 0 Å². The summed E-state index contributed by atoms with van der Waals surface area (Å²) >= 11 is 0. The van der Waals surface area contributed by atoms with Gasteiger partial charge in [0.2, 0.25) is 5.91 Å². The first-order chi connectivity index (χ1) is 8.99. The average molecular weight is 269 g/mol. The molecule has 0 spiro atoms. The standard InChI is InChI=1S/C13H23N3O3/c1-10(13(18)19)16-7-5-15(6-8-16)9-12(17)14(2)11-3-4-11/h10-11H,3-9H2,1-2H3,(H,18,19). The Bertz CT molecular complexity index is 349. The van der Waals surface area contributed by atoms with Crippen molar-refractivity contribution in [1.82, 2.24) is 14.7 Å². The van der Waals surface area contributed by atoms with Gasteiger partial charge in [-0.25, -0.2) is 0 Å². The van der Waals surface area contributed by atoms with Crippen molar-refractivity contribution in [2.24, 2.45) is 0 Å². The van der Waals surface area contributed by atoms with Crippen molar-refractivity contribution < 1.29 is 14.7 Å². The first kappa shape index (κ1) is 14.3. The van der Waals surface area contributed by atoms with Gasteiger partial charge >= 0.3 is 5.97 Å². The van der Waals surface area contributed by atoms with Crippen LogP contribution in [0, 0.1) is 0 Å². The smallest absolute Gasteiger partial charge is 0.320 e. The van der Waals surface area contributed by atoms with Crippen LogP contribution in [0.3, 0.4) is 0 Å². The summed E-state index contributed by atoms with van der Waals surface area (Å²) in [5.74, 6) is -0.597. The number of nitrogens with zero attached hydrogens (tertiary/aromatic N) is 3. The van der Waals surface area contributed by atoms with Crippen LogP contribution in [0.1, 0.15) is 19.8 Å². The largest absolute Gasteiger partial charge is 0.480 e. The van der Waals surface area contributed by atoms with Crippen LogP contribution in [0.5, 0.6) is 0 Å². The molecule has 0 bridgehead atoms. The van der Waals surface area contributed by atoms with E-state index in [9.17, 15) is 9.59 Å². The molecule has 1 atom stereocenters. The molecule has 2 aliphatic rings. The minimum Gasteiger partial charge on any atom is -0.480 e. The fourth-order valence-corrected chi connectivity index (χ4v) is 2.43. The van der Waals surface area contributed by atoms with Crippen molar-refractivity contribution in [2.75, 3.05) is 39.8 Å². The number of piperazine rings is 1. The number of hydrogen-bond donors (Lipinski definition) is 1. The molecule has 6 nitrogen and oxygen atoms in total. The molecule has 1 saturated heterocycles. The van der Waals surface area contributed by atoms with Gasteiger partial charge in [0.05, 0.1) is 6.54 Å². The molecule has 0 aromatic carbocycles. The van der Waals surface area contributed by atoms with Crippen LogP contribution in [0.15, 0.2) is 0 Å². The van der Waals surface area contributed by atoms with Gasteiger partial charge in [0, 0.05) is 39.3 Å². The van der Waals surface area contributed by atoms with Crippen LogP contribution in [0.4, 0.5) is 0 Å². The van der Waals surface area contributed by atoms with Gasteiger partial charge in [-0.05, 0) is 19.8 Å². The number of rotatable bonds is 5. The lowest BCUT2D eigenvalue weighted by atomic mass is 10.2. The summed E-state index contributed by atoms with van der Waals surface area (Å²) < 4.78 is 0. The maximum atomic E-state index is 12.0. The maximum absolute atomic E-state index is 12.0. The number of carbonyl (C=O) groups excluding carboxylic acids is 1. The molecule has 0 aromatic rings. The Kier molecular flexibility index (Phi) is 4.42. The Morgan fingerprint density at radius 3 is 2.32 bits per heavy atom. The monoisotopic (exact) mass is 269 g/mol. The highest BCUT2D eigenvalue weighted by molar-refractivity contribution is 5.78. The van der Waals surface area contributed by atoms with Crippen LogP contribution in [-0.4, -0.2) is 83.5 Å². The summed E-state index contributed by atoms with van der Waals surface area (Å²) in [6.07, 6.45) is 2.26. The Labute approximate surface area is 114 Å². The summed E-state index contributed by atoms with van der Waals surface area (Å²) in [6, 6.07) is 0.0211. The minimum absolute atomic E-state index is 0.183. The molecule has 1 aliphatic carbocycles. The van der Waals surface area contributed by atoms with E-state index in [0.29, 0.717) is 25.7 Å². The van der Waals surface area contributed by atoms with Gasteiger partial charge in [0.1, 0.15) is 6.04 Å². The summed E-state index contributed by atoms with van der Waals surface area (Å²) in [6.45, 7) is 5.14. The zero-order valence-corrected chi connectivity index (χ0v) is 11.7. The molecule has 6 heteroatoms. The molecule has 2 rings (SSSR count). The van der Waals surface area contributed by atoms with Gasteiger partial charge in [-0.3, -0.25) is 19.4 Å². The predicted molar refractivity (Wildman–Crippen MR) is 70.9 cm³/mol. The normalized spacial score (nSPS) is 23.1. The average Bonchev–Trinajstić information content (AvgIpc) is 3.22. The lowest BCUT2D eigenvalue weighted by molar-refractivity contribution is -0.144. The third-order valence-corrected chi connectivity index (χ3v) is 4.16. The van der Waals surface area contributed by atoms with E-state index in [0.717, 1.165) is 25.9 Å². The molecule has 1 unspecified atom stereocenters. The Hall–Kier alpha value is -1.14. The van der Waals surface area contributed by atoms with Gasteiger partial charge in [-0.15, -0.1) is 0 Å². The summed E-state index contributed by atoms with van der Waals surface area (Å²) in [5.41, 5.74) is 0. The van der Waals surface area contributed by atoms with Crippen molar-refractivity contribution >= 4 is 11.9 Å². The Morgan fingerprint density at radius 1 is 1.26 bits per heavy atom. The molecule has 1 heterocycles. The van der Waals surface area contributed by atoms with Crippen molar-refractivity contribution in [3.63, 3.8) is 0 Å². The van der Waals surface area contributed by atoms with E-state index in [1.54, 1.807) is 6.92 Å². The number of amides is 1. The fraction of sp³-hybridized carbons (Fsp3) is 0.846. The van der Waals surface area contributed by atoms with E-state index < -0.39 is 12.0 Å². The molecule has 19 heavy (non-hydrogen) atoms. The van der Waals surface area contributed by atoms with E-state index in [1.165, 1.54) is 0 Å². The van der Waals surface area contributed by atoms with Crippen molar-refractivity contribution in [1.29, 1.82) is 0 Å². The molecule has 1 aliphatic heterocycles. The van der Waals surface area contributed by atoms with Gasteiger partial charge in [0.25, 0.3) is 0 Å². The molecular formula is C13H23N3O3. The fourth-order valence-electron chi connectivity index (χ4n) is 2.43. The third kappa shape index (κ3) is 3.67. The van der Waals surface area contributed by atoms with Crippen LogP contribution in [0.2, 0.25) is 0 Å². The lowest BCUT2D eigenvalue weighted by Gasteiger charge is -2.36. The second-order valence-electron chi connectivity index (χ2n) is 5.56. The van der Waals surface area contributed by atoms with Crippen molar-refractivity contribution in [3.05, 3.63) is 0 Å². The lowest BCUT2D eigenvalue weighted by Crippen LogP contribution is -2.53. The number of hydrogen-bond acceptors (Lipinski definition) is 4. The zero-order chi connectivity index (χ0) is 14.0. The molecule has 0 radical (unpaired) electrons.